The van der Waals surface area contributed by atoms with E-state index in [0.717, 1.165) is 11.1 Å². The van der Waals surface area contributed by atoms with E-state index in [1.54, 1.807) is 12.1 Å². The summed E-state index contributed by atoms with van der Waals surface area (Å²) in [6.45, 7) is 2.73. The number of nitrogens with one attached hydrogen (secondary N) is 2. The highest BCUT2D eigenvalue weighted by molar-refractivity contribution is 5.82. The molecule has 3 N–H and O–H groups in total. The fraction of sp³-hybridized carbons (Fsp3) is 0.350. The van der Waals surface area contributed by atoms with Crippen molar-refractivity contribution in [1.82, 2.24) is 10.6 Å². The van der Waals surface area contributed by atoms with Gasteiger partial charge in [0.05, 0.1) is 18.2 Å². The number of rotatable bonds is 6. The van der Waals surface area contributed by atoms with E-state index in [-0.39, 0.29) is 23.8 Å². The lowest BCUT2D eigenvalue weighted by atomic mass is 10.1. The topological polar surface area (TPSA) is 70.6 Å². The van der Waals surface area contributed by atoms with Crippen LogP contribution in [-0.4, -0.2) is 29.7 Å². The van der Waals surface area contributed by atoms with Crippen LogP contribution < -0.4 is 15.4 Å². The first-order valence-electron chi connectivity index (χ1n) is 8.70. The highest BCUT2D eigenvalue weighted by atomic mass is 19.1. The molecule has 1 amide bonds. The lowest BCUT2D eigenvalue weighted by Crippen LogP contribution is -2.41. The minimum Gasteiger partial charge on any atom is -0.489 e. The van der Waals surface area contributed by atoms with Crippen LogP contribution >= 0.6 is 0 Å². The molecule has 1 aliphatic rings. The molecule has 0 bridgehead atoms. The second kappa shape index (κ2) is 8.29. The van der Waals surface area contributed by atoms with Crippen molar-refractivity contribution in [3.63, 3.8) is 0 Å². The number of carbonyl (C=O) groups is 1. The minimum absolute atomic E-state index is 0.106. The Morgan fingerprint density at radius 3 is 2.58 bits per heavy atom. The zero-order valence-electron chi connectivity index (χ0n) is 14.6. The zero-order valence-corrected chi connectivity index (χ0v) is 14.6. The molecule has 1 aliphatic heterocycles. The SMILES string of the molecule is CC(NC(=O)C1CC(O)CN1)c1ccc(OCc2ccc(F)cc2)cc1. The molecule has 0 aliphatic carbocycles. The quantitative estimate of drug-likeness (QED) is 0.741. The summed E-state index contributed by atoms with van der Waals surface area (Å²) in [7, 11) is 0. The number of amides is 1. The Morgan fingerprint density at radius 2 is 1.96 bits per heavy atom. The predicted octanol–water partition coefficient (Wildman–Crippen LogP) is 2.30. The number of carbonyl (C=O) groups excluding carboxylic acids is 1. The lowest BCUT2D eigenvalue weighted by molar-refractivity contribution is -0.123. The monoisotopic (exact) mass is 358 g/mol. The molecule has 0 spiro atoms. The molecule has 1 saturated heterocycles. The number of ether oxygens (including phenoxy) is 1. The second-order valence-electron chi connectivity index (χ2n) is 6.56. The van der Waals surface area contributed by atoms with Gasteiger partial charge in [-0.05, 0) is 48.7 Å². The summed E-state index contributed by atoms with van der Waals surface area (Å²) in [6, 6.07) is 13.2. The van der Waals surface area contributed by atoms with Gasteiger partial charge in [0.15, 0.2) is 0 Å². The molecule has 26 heavy (non-hydrogen) atoms. The van der Waals surface area contributed by atoms with Gasteiger partial charge >= 0.3 is 0 Å². The molecule has 3 rings (SSSR count). The standard InChI is InChI=1S/C20H23FN2O3/c1-13(23-20(25)19-10-17(24)11-22-19)15-4-8-18(9-5-15)26-12-14-2-6-16(21)7-3-14/h2-9,13,17,19,22,24H,10-12H2,1H3,(H,23,25). The van der Waals surface area contributed by atoms with Crippen LogP contribution in [-0.2, 0) is 11.4 Å². The van der Waals surface area contributed by atoms with Gasteiger partial charge in [0, 0.05) is 6.54 Å². The van der Waals surface area contributed by atoms with Crippen molar-refractivity contribution in [3.8, 4) is 5.75 Å². The van der Waals surface area contributed by atoms with Crippen molar-refractivity contribution in [2.24, 2.45) is 0 Å². The highest BCUT2D eigenvalue weighted by Crippen LogP contribution is 2.19. The van der Waals surface area contributed by atoms with Crippen molar-refractivity contribution in [3.05, 3.63) is 65.5 Å². The molecule has 6 heteroatoms. The summed E-state index contributed by atoms with van der Waals surface area (Å²) in [5.41, 5.74) is 1.85. The van der Waals surface area contributed by atoms with Crippen molar-refractivity contribution in [2.45, 2.75) is 38.1 Å². The van der Waals surface area contributed by atoms with E-state index in [4.69, 9.17) is 4.74 Å². The van der Waals surface area contributed by atoms with Crippen LogP contribution in [0.5, 0.6) is 5.75 Å². The molecule has 1 heterocycles. The third-order valence-corrected chi connectivity index (χ3v) is 4.48. The Balaban J connectivity index is 1.51. The summed E-state index contributed by atoms with van der Waals surface area (Å²) in [4.78, 5) is 12.2. The van der Waals surface area contributed by atoms with Gasteiger partial charge in [-0.3, -0.25) is 4.79 Å². The first kappa shape index (κ1) is 18.4. The van der Waals surface area contributed by atoms with Crippen molar-refractivity contribution >= 4 is 5.91 Å². The van der Waals surface area contributed by atoms with Gasteiger partial charge in [-0.2, -0.15) is 0 Å². The van der Waals surface area contributed by atoms with Gasteiger partial charge in [-0.1, -0.05) is 24.3 Å². The van der Waals surface area contributed by atoms with Crippen LogP contribution in [0.1, 0.15) is 30.5 Å². The molecule has 3 unspecified atom stereocenters. The van der Waals surface area contributed by atoms with E-state index < -0.39 is 6.10 Å². The van der Waals surface area contributed by atoms with Crippen molar-refractivity contribution in [2.75, 3.05) is 6.54 Å². The van der Waals surface area contributed by atoms with Gasteiger partial charge in [0.25, 0.3) is 0 Å². The molecule has 0 saturated carbocycles. The summed E-state index contributed by atoms with van der Waals surface area (Å²) in [5.74, 6) is 0.333. The summed E-state index contributed by atoms with van der Waals surface area (Å²) >= 11 is 0. The fourth-order valence-electron chi connectivity index (χ4n) is 2.91. The maximum absolute atomic E-state index is 12.9. The smallest absolute Gasteiger partial charge is 0.237 e. The van der Waals surface area contributed by atoms with Gasteiger partial charge in [0.2, 0.25) is 5.91 Å². The lowest BCUT2D eigenvalue weighted by Gasteiger charge is -2.18. The van der Waals surface area contributed by atoms with E-state index >= 15 is 0 Å². The van der Waals surface area contributed by atoms with Gasteiger partial charge in [-0.15, -0.1) is 0 Å². The third-order valence-electron chi connectivity index (χ3n) is 4.48. The minimum atomic E-state index is -0.460. The number of β-amino-alcohol motifs (C(OH)–C–C–N with tert-alkyl or cyclic N) is 1. The molecule has 5 nitrogen and oxygen atoms in total. The molecular formula is C20H23FN2O3. The van der Waals surface area contributed by atoms with Gasteiger partial charge in [0.1, 0.15) is 18.2 Å². The number of benzene rings is 2. The normalized spacial score (nSPS) is 20.6. The third kappa shape index (κ3) is 4.80. The van der Waals surface area contributed by atoms with Crippen molar-refractivity contribution in [1.29, 1.82) is 0 Å². The molecule has 138 valence electrons. The van der Waals surface area contributed by atoms with Crippen LogP contribution in [0, 0.1) is 5.82 Å². The first-order valence-corrected chi connectivity index (χ1v) is 8.70. The van der Waals surface area contributed by atoms with Crippen LogP contribution in [0.2, 0.25) is 0 Å². The number of hydrogen-bond donors (Lipinski definition) is 3. The van der Waals surface area contributed by atoms with Crippen LogP contribution in [0.4, 0.5) is 4.39 Å². The zero-order chi connectivity index (χ0) is 18.5. The molecule has 2 aromatic carbocycles. The number of halogens is 1. The molecular weight excluding hydrogens is 335 g/mol. The van der Waals surface area contributed by atoms with E-state index in [0.29, 0.717) is 25.3 Å². The van der Waals surface area contributed by atoms with Crippen LogP contribution in [0.3, 0.4) is 0 Å². The number of hydrogen-bond acceptors (Lipinski definition) is 4. The summed E-state index contributed by atoms with van der Waals surface area (Å²) in [6.07, 6.45) is -0.0204. The number of aliphatic hydroxyl groups excluding tert-OH is 1. The van der Waals surface area contributed by atoms with E-state index in [1.807, 2.05) is 31.2 Å². The second-order valence-corrected chi connectivity index (χ2v) is 6.56. The van der Waals surface area contributed by atoms with Gasteiger partial charge in [-0.25, -0.2) is 4.39 Å². The predicted molar refractivity (Wildman–Crippen MR) is 96.1 cm³/mol. The first-order chi connectivity index (χ1) is 12.5. The summed E-state index contributed by atoms with van der Waals surface area (Å²) < 4.78 is 18.6. The molecule has 0 radical (unpaired) electrons. The molecule has 1 fully saturated rings. The van der Waals surface area contributed by atoms with Crippen LogP contribution in [0.25, 0.3) is 0 Å². The molecule has 3 atom stereocenters. The summed E-state index contributed by atoms with van der Waals surface area (Å²) in [5, 5.41) is 15.5. The Kier molecular flexibility index (Phi) is 5.85. The Hall–Kier alpha value is -2.44. The number of aliphatic hydroxyl groups is 1. The van der Waals surface area contributed by atoms with E-state index in [9.17, 15) is 14.3 Å². The average Bonchev–Trinajstić information content (AvgIpc) is 3.08. The van der Waals surface area contributed by atoms with Crippen LogP contribution in [0.15, 0.2) is 48.5 Å². The Bertz CT molecular complexity index is 734. The van der Waals surface area contributed by atoms with Crippen molar-refractivity contribution < 1.29 is 19.0 Å². The van der Waals surface area contributed by atoms with Gasteiger partial charge < -0.3 is 20.5 Å². The average molecular weight is 358 g/mol. The maximum Gasteiger partial charge on any atom is 0.237 e. The van der Waals surface area contributed by atoms with E-state index in [1.165, 1.54) is 12.1 Å². The molecule has 0 aromatic heterocycles. The fourth-order valence-corrected chi connectivity index (χ4v) is 2.91. The highest BCUT2D eigenvalue weighted by Gasteiger charge is 2.28. The largest absolute Gasteiger partial charge is 0.489 e. The molecule has 2 aromatic rings. The Labute approximate surface area is 152 Å². The van der Waals surface area contributed by atoms with E-state index in [2.05, 4.69) is 10.6 Å². The Morgan fingerprint density at radius 1 is 1.27 bits per heavy atom. The maximum atomic E-state index is 12.9.